The maximum Gasteiger partial charge on any atom is 0.326 e. The van der Waals surface area contributed by atoms with Crippen LogP contribution in [0.5, 0.6) is 0 Å². The molecule has 0 bridgehead atoms. The predicted molar refractivity (Wildman–Crippen MR) is 113 cm³/mol. The van der Waals surface area contributed by atoms with E-state index in [0.717, 1.165) is 0 Å². The molecule has 1 fully saturated rings. The third kappa shape index (κ3) is 7.94. The Morgan fingerprint density at radius 3 is 2.38 bits per heavy atom. The molecule has 0 aromatic rings. The first-order valence-electron chi connectivity index (χ1n) is 10.2. The van der Waals surface area contributed by atoms with Crippen LogP contribution in [-0.2, 0) is 19.2 Å². The molecule has 3 amide bonds. The van der Waals surface area contributed by atoms with Crippen molar-refractivity contribution < 1.29 is 34.5 Å². The number of aliphatic hydroxyl groups is 2. The van der Waals surface area contributed by atoms with Gasteiger partial charge in [-0.05, 0) is 32.6 Å². The molecule has 182 valence electrons. The summed E-state index contributed by atoms with van der Waals surface area (Å²) < 4.78 is 0. The Kier molecular flexibility index (Phi) is 10.8. The van der Waals surface area contributed by atoms with E-state index in [0.29, 0.717) is 12.8 Å². The zero-order valence-electron chi connectivity index (χ0n) is 17.9. The van der Waals surface area contributed by atoms with Gasteiger partial charge in [0.2, 0.25) is 17.7 Å². The largest absolute Gasteiger partial charge is 0.480 e. The average molecular weight is 460 g/mol. The zero-order chi connectivity index (χ0) is 24.4. The minimum atomic E-state index is -1.37. The van der Waals surface area contributed by atoms with Gasteiger partial charge in [0.15, 0.2) is 5.96 Å². The number of carbonyl (C=O) groups is 4. The molecular formula is C18H33N7O7. The average Bonchev–Trinajstić information content (AvgIpc) is 3.22. The lowest BCUT2D eigenvalue weighted by molar-refractivity contribution is -0.145. The molecule has 32 heavy (non-hydrogen) atoms. The molecule has 5 unspecified atom stereocenters. The minimum absolute atomic E-state index is 0.0745. The number of rotatable bonds is 12. The van der Waals surface area contributed by atoms with E-state index < -0.39 is 60.6 Å². The van der Waals surface area contributed by atoms with Crippen LogP contribution >= 0.6 is 0 Å². The van der Waals surface area contributed by atoms with Crippen molar-refractivity contribution in [1.82, 2.24) is 15.5 Å². The summed E-state index contributed by atoms with van der Waals surface area (Å²) in [5, 5.41) is 33.0. The summed E-state index contributed by atoms with van der Waals surface area (Å²) in [6.07, 6.45) is -0.0206. The van der Waals surface area contributed by atoms with Gasteiger partial charge in [0.25, 0.3) is 0 Å². The molecule has 5 atom stereocenters. The molecule has 1 aliphatic heterocycles. The summed E-state index contributed by atoms with van der Waals surface area (Å²) in [5.41, 5.74) is 16.0. The number of carbonyl (C=O) groups excluding carboxylic acids is 3. The van der Waals surface area contributed by atoms with Gasteiger partial charge in [-0.1, -0.05) is 0 Å². The first kappa shape index (κ1) is 27.1. The number of carboxylic acid groups (broad SMARTS) is 1. The number of hydrogen-bond donors (Lipinski definition) is 8. The van der Waals surface area contributed by atoms with Crippen LogP contribution in [0.1, 0.15) is 32.6 Å². The SMILES string of the molecule is CC(O)C(N)C(=O)NC(CO)C(=O)N1CCCC1C(=O)NC(CCCN=C(N)N)C(=O)O. The van der Waals surface area contributed by atoms with Gasteiger partial charge in [-0.15, -0.1) is 0 Å². The Bertz CT molecular complexity index is 712. The number of nitrogens with zero attached hydrogens (tertiary/aromatic N) is 2. The second kappa shape index (κ2) is 12.8. The van der Waals surface area contributed by atoms with E-state index in [-0.39, 0.29) is 31.9 Å². The number of guanidine groups is 1. The first-order chi connectivity index (χ1) is 15.0. The fourth-order valence-electron chi connectivity index (χ4n) is 3.20. The number of carboxylic acids is 1. The molecule has 1 aliphatic rings. The second-order valence-corrected chi connectivity index (χ2v) is 7.55. The van der Waals surface area contributed by atoms with E-state index in [2.05, 4.69) is 15.6 Å². The predicted octanol–water partition coefficient (Wildman–Crippen LogP) is -4.21. The second-order valence-electron chi connectivity index (χ2n) is 7.55. The number of aliphatic hydroxyl groups excluding tert-OH is 2. The van der Waals surface area contributed by atoms with Crippen molar-refractivity contribution in [1.29, 1.82) is 0 Å². The highest BCUT2D eigenvalue weighted by Gasteiger charge is 2.39. The number of nitrogens with one attached hydrogen (secondary N) is 2. The van der Waals surface area contributed by atoms with Gasteiger partial charge < -0.3 is 48.1 Å². The van der Waals surface area contributed by atoms with E-state index in [9.17, 15) is 34.5 Å². The van der Waals surface area contributed by atoms with Crippen molar-refractivity contribution in [3.63, 3.8) is 0 Å². The van der Waals surface area contributed by atoms with Crippen LogP contribution in [0.25, 0.3) is 0 Å². The van der Waals surface area contributed by atoms with E-state index in [1.54, 1.807) is 0 Å². The topological polar surface area (TPSA) is 247 Å². The normalized spacial score (nSPS) is 19.4. The Hall–Kier alpha value is -2.97. The Morgan fingerprint density at radius 2 is 1.84 bits per heavy atom. The molecule has 14 heteroatoms. The van der Waals surface area contributed by atoms with Gasteiger partial charge in [0.05, 0.1) is 12.7 Å². The third-order valence-corrected chi connectivity index (χ3v) is 5.02. The van der Waals surface area contributed by atoms with Gasteiger partial charge in [-0.3, -0.25) is 19.4 Å². The lowest BCUT2D eigenvalue weighted by atomic mass is 10.1. The van der Waals surface area contributed by atoms with Crippen LogP contribution in [0.2, 0.25) is 0 Å². The van der Waals surface area contributed by atoms with Crippen LogP contribution in [0, 0.1) is 0 Å². The number of hydrogen-bond acceptors (Lipinski definition) is 8. The molecule has 1 saturated heterocycles. The van der Waals surface area contributed by atoms with E-state index in [1.165, 1.54) is 11.8 Å². The number of amides is 3. The van der Waals surface area contributed by atoms with Crippen LogP contribution in [0.15, 0.2) is 4.99 Å². The fraction of sp³-hybridized carbons (Fsp3) is 0.722. The van der Waals surface area contributed by atoms with Crippen molar-refractivity contribution in [2.75, 3.05) is 19.7 Å². The molecule has 0 aliphatic carbocycles. The highest BCUT2D eigenvalue weighted by molar-refractivity contribution is 5.94. The van der Waals surface area contributed by atoms with E-state index >= 15 is 0 Å². The number of aliphatic carboxylic acids is 1. The lowest BCUT2D eigenvalue weighted by Crippen LogP contribution is -2.58. The van der Waals surface area contributed by atoms with Crippen molar-refractivity contribution in [2.45, 2.75) is 62.9 Å². The maximum absolute atomic E-state index is 12.8. The first-order valence-corrected chi connectivity index (χ1v) is 10.2. The van der Waals surface area contributed by atoms with Gasteiger partial charge in [0, 0.05) is 13.1 Å². The van der Waals surface area contributed by atoms with Crippen LogP contribution < -0.4 is 27.8 Å². The lowest BCUT2D eigenvalue weighted by Gasteiger charge is -2.29. The Labute approximate surface area is 185 Å². The minimum Gasteiger partial charge on any atom is -0.480 e. The molecule has 14 nitrogen and oxygen atoms in total. The van der Waals surface area contributed by atoms with E-state index in [4.69, 9.17) is 17.2 Å². The number of likely N-dealkylation sites (tertiary alicyclic amines) is 1. The van der Waals surface area contributed by atoms with Crippen molar-refractivity contribution in [2.24, 2.45) is 22.2 Å². The van der Waals surface area contributed by atoms with Crippen LogP contribution in [0.4, 0.5) is 0 Å². The maximum atomic E-state index is 12.8. The molecule has 0 spiro atoms. The van der Waals surface area contributed by atoms with Gasteiger partial charge >= 0.3 is 5.97 Å². The standard InChI is InChI=1S/C18H33N7O7/c1-9(27)13(19)15(29)24-11(8-26)16(30)25-7-3-5-12(25)14(28)23-10(17(31)32)4-2-6-22-18(20)21/h9-13,26-27H,2-8,19H2,1H3,(H,23,28)(H,24,29)(H,31,32)(H4,20,21,22). The molecule has 1 rings (SSSR count). The van der Waals surface area contributed by atoms with E-state index in [1.807, 2.05) is 0 Å². The molecular weight excluding hydrogens is 426 g/mol. The quantitative estimate of drug-likeness (QED) is 0.0793. The molecule has 0 aromatic carbocycles. The highest BCUT2D eigenvalue weighted by atomic mass is 16.4. The van der Waals surface area contributed by atoms with Gasteiger partial charge in [0.1, 0.15) is 24.2 Å². The van der Waals surface area contributed by atoms with Gasteiger partial charge in [-0.2, -0.15) is 0 Å². The van der Waals surface area contributed by atoms with Gasteiger partial charge in [-0.25, -0.2) is 4.79 Å². The highest BCUT2D eigenvalue weighted by Crippen LogP contribution is 2.19. The molecule has 0 saturated carbocycles. The summed E-state index contributed by atoms with van der Waals surface area (Å²) in [6.45, 7) is 0.942. The molecule has 11 N–H and O–H groups in total. The number of nitrogens with two attached hydrogens (primary N) is 3. The monoisotopic (exact) mass is 459 g/mol. The van der Waals surface area contributed by atoms with Crippen LogP contribution in [0.3, 0.4) is 0 Å². The molecule has 0 radical (unpaired) electrons. The summed E-state index contributed by atoms with van der Waals surface area (Å²) >= 11 is 0. The summed E-state index contributed by atoms with van der Waals surface area (Å²) in [6, 6.07) is -4.83. The van der Waals surface area contributed by atoms with Crippen LogP contribution in [-0.4, -0.2) is 99.8 Å². The smallest absolute Gasteiger partial charge is 0.326 e. The zero-order valence-corrected chi connectivity index (χ0v) is 17.9. The third-order valence-electron chi connectivity index (χ3n) is 5.02. The van der Waals surface area contributed by atoms with Crippen molar-refractivity contribution in [3.05, 3.63) is 0 Å². The molecule has 1 heterocycles. The molecule has 0 aromatic heterocycles. The Balaban J connectivity index is 2.79. The Morgan fingerprint density at radius 1 is 1.19 bits per heavy atom. The summed E-state index contributed by atoms with van der Waals surface area (Å²) in [7, 11) is 0. The summed E-state index contributed by atoms with van der Waals surface area (Å²) in [5.74, 6) is -3.57. The fourth-order valence-corrected chi connectivity index (χ4v) is 3.20. The van der Waals surface area contributed by atoms with Crippen molar-refractivity contribution in [3.8, 4) is 0 Å². The number of aliphatic imine (C=N–C) groups is 1. The van der Waals surface area contributed by atoms with Crippen molar-refractivity contribution >= 4 is 29.7 Å². The summed E-state index contributed by atoms with van der Waals surface area (Å²) in [4.78, 5) is 54.0.